The number of hydrogen-bond acceptors (Lipinski definition) is 2. The SMILES string of the molecule is CC(C)(C)C(=O)OCCCCCCC1CCCc2ccccc21. The van der Waals surface area contributed by atoms with E-state index < -0.39 is 0 Å². The van der Waals surface area contributed by atoms with Gasteiger partial charge in [-0.3, -0.25) is 4.79 Å². The van der Waals surface area contributed by atoms with Crippen LogP contribution in [-0.2, 0) is 16.0 Å². The summed E-state index contributed by atoms with van der Waals surface area (Å²) in [5.74, 6) is 0.676. The first-order chi connectivity index (χ1) is 11.0. The molecule has 1 unspecified atom stereocenters. The molecule has 23 heavy (non-hydrogen) atoms. The number of aryl methyl sites for hydroxylation is 1. The second-order valence-corrected chi connectivity index (χ2v) is 7.88. The van der Waals surface area contributed by atoms with Crippen molar-refractivity contribution in [2.75, 3.05) is 6.61 Å². The maximum Gasteiger partial charge on any atom is 0.311 e. The molecule has 1 atom stereocenters. The lowest BCUT2D eigenvalue weighted by Crippen LogP contribution is -2.23. The van der Waals surface area contributed by atoms with Crippen molar-refractivity contribution in [1.82, 2.24) is 0 Å². The largest absolute Gasteiger partial charge is 0.465 e. The normalized spacial score (nSPS) is 17.6. The number of rotatable bonds is 7. The molecular formula is C21H32O2. The third-order valence-electron chi connectivity index (χ3n) is 4.79. The lowest BCUT2D eigenvalue weighted by molar-refractivity contribution is -0.153. The fraction of sp³-hybridized carbons (Fsp3) is 0.667. The van der Waals surface area contributed by atoms with Crippen LogP contribution < -0.4 is 0 Å². The molecule has 0 aromatic heterocycles. The highest BCUT2D eigenvalue weighted by Gasteiger charge is 2.22. The molecule has 0 saturated heterocycles. The molecule has 1 aromatic carbocycles. The van der Waals surface area contributed by atoms with Gasteiger partial charge in [-0.15, -0.1) is 0 Å². The predicted molar refractivity (Wildman–Crippen MR) is 95.6 cm³/mol. The summed E-state index contributed by atoms with van der Waals surface area (Å²) in [7, 11) is 0. The van der Waals surface area contributed by atoms with Crippen LogP contribution in [0.5, 0.6) is 0 Å². The molecule has 2 rings (SSSR count). The Morgan fingerprint density at radius 2 is 1.87 bits per heavy atom. The number of unbranched alkanes of at least 4 members (excludes halogenated alkanes) is 3. The molecule has 0 saturated carbocycles. The average molecular weight is 316 g/mol. The van der Waals surface area contributed by atoms with Crippen molar-refractivity contribution >= 4 is 5.97 Å². The van der Waals surface area contributed by atoms with E-state index in [2.05, 4.69) is 24.3 Å². The van der Waals surface area contributed by atoms with Crippen molar-refractivity contribution in [1.29, 1.82) is 0 Å². The highest BCUT2D eigenvalue weighted by Crippen LogP contribution is 2.35. The summed E-state index contributed by atoms with van der Waals surface area (Å²) in [6.07, 6.45) is 9.92. The molecule has 0 aliphatic heterocycles. The van der Waals surface area contributed by atoms with Crippen molar-refractivity contribution in [2.45, 2.75) is 78.1 Å². The van der Waals surface area contributed by atoms with Gasteiger partial charge in [-0.1, -0.05) is 43.5 Å². The van der Waals surface area contributed by atoms with Crippen molar-refractivity contribution in [3.05, 3.63) is 35.4 Å². The number of benzene rings is 1. The lowest BCUT2D eigenvalue weighted by atomic mass is 9.80. The van der Waals surface area contributed by atoms with E-state index in [1.54, 1.807) is 11.1 Å². The summed E-state index contributed by atoms with van der Waals surface area (Å²) < 4.78 is 5.31. The van der Waals surface area contributed by atoms with Gasteiger partial charge in [0.25, 0.3) is 0 Å². The lowest BCUT2D eigenvalue weighted by Gasteiger charge is -2.25. The predicted octanol–water partition coefficient (Wildman–Crippen LogP) is 5.65. The van der Waals surface area contributed by atoms with E-state index in [0.717, 1.165) is 18.8 Å². The first kappa shape index (κ1) is 18.0. The summed E-state index contributed by atoms with van der Waals surface area (Å²) in [5, 5.41) is 0. The summed E-state index contributed by atoms with van der Waals surface area (Å²) in [5.41, 5.74) is 2.78. The van der Waals surface area contributed by atoms with Gasteiger partial charge in [0.15, 0.2) is 0 Å². The second kappa shape index (κ2) is 8.52. The van der Waals surface area contributed by atoms with Crippen LogP contribution in [-0.4, -0.2) is 12.6 Å². The first-order valence-corrected chi connectivity index (χ1v) is 9.23. The third-order valence-corrected chi connectivity index (χ3v) is 4.79. The fourth-order valence-corrected chi connectivity index (χ4v) is 3.38. The number of ether oxygens (including phenoxy) is 1. The Morgan fingerprint density at radius 3 is 2.65 bits per heavy atom. The van der Waals surface area contributed by atoms with Crippen LogP contribution in [0.15, 0.2) is 24.3 Å². The number of carbonyl (C=O) groups is 1. The summed E-state index contributed by atoms with van der Waals surface area (Å²) in [6, 6.07) is 8.97. The third kappa shape index (κ3) is 5.67. The van der Waals surface area contributed by atoms with Crippen LogP contribution in [0.1, 0.15) is 82.8 Å². The molecule has 2 nitrogen and oxygen atoms in total. The van der Waals surface area contributed by atoms with Gasteiger partial charge in [0, 0.05) is 0 Å². The highest BCUT2D eigenvalue weighted by molar-refractivity contribution is 5.75. The van der Waals surface area contributed by atoms with Crippen LogP contribution in [0.4, 0.5) is 0 Å². The molecule has 0 N–H and O–H groups in total. The zero-order valence-corrected chi connectivity index (χ0v) is 15.1. The molecule has 0 fully saturated rings. The maximum atomic E-state index is 11.7. The van der Waals surface area contributed by atoms with Crippen LogP contribution in [0.2, 0.25) is 0 Å². The van der Waals surface area contributed by atoms with E-state index in [9.17, 15) is 4.79 Å². The van der Waals surface area contributed by atoms with Crippen molar-refractivity contribution in [3.8, 4) is 0 Å². The van der Waals surface area contributed by atoms with Gasteiger partial charge in [-0.25, -0.2) is 0 Å². The smallest absolute Gasteiger partial charge is 0.311 e. The minimum atomic E-state index is -0.381. The van der Waals surface area contributed by atoms with E-state index in [-0.39, 0.29) is 11.4 Å². The summed E-state index contributed by atoms with van der Waals surface area (Å²) >= 11 is 0. The number of esters is 1. The van der Waals surface area contributed by atoms with Crippen molar-refractivity contribution in [3.63, 3.8) is 0 Å². The molecule has 1 aliphatic carbocycles. The molecular weight excluding hydrogens is 284 g/mol. The van der Waals surface area contributed by atoms with Gasteiger partial charge in [0.05, 0.1) is 12.0 Å². The van der Waals surface area contributed by atoms with E-state index in [1.807, 2.05) is 20.8 Å². The van der Waals surface area contributed by atoms with E-state index in [4.69, 9.17) is 4.74 Å². The molecule has 1 aromatic rings. The Bertz CT molecular complexity index is 499. The average Bonchev–Trinajstić information content (AvgIpc) is 2.53. The van der Waals surface area contributed by atoms with E-state index >= 15 is 0 Å². The van der Waals surface area contributed by atoms with Crippen LogP contribution in [0.25, 0.3) is 0 Å². The molecule has 1 aliphatic rings. The highest BCUT2D eigenvalue weighted by atomic mass is 16.5. The van der Waals surface area contributed by atoms with Crippen LogP contribution in [0.3, 0.4) is 0 Å². The number of hydrogen-bond donors (Lipinski definition) is 0. The van der Waals surface area contributed by atoms with Gasteiger partial charge in [-0.05, 0) is 69.9 Å². The molecule has 0 bridgehead atoms. The Kier molecular flexibility index (Phi) is 6.68. The topological polar surface area (TPSA) is 26.3 Å². The summed E-state index contributed by atoms with van der Waals surface area (Å²) in [6.45, 7) is 6.27. The minimum absolute atomic E-state index is 0.0867. The Balaban J connectivity index is 1.59. The Morgan fingerprint density at radius 1 is 1.13 bits per heavy atom. The quantitative estimate of drug-likeness (QED) is 0.480. The molecule has 2 heteroatoms. The minimum Gasteiger partial charge on any atom is -0.465 e. The zero-order valence-electron chi connectivity index (χ0n) is 15.1. The first-order valence-electron chi connectivity index (χ1n) is 9.23. The molecule has 128 valence electrons. The van der Waals surface area contributed by atoms with Gasteiger partial charge in [-0.2, -0.15) is 0 Å². The zero-order chi connectivity index (χ0) is 16.7. The molecule has 0 radical (unpaired) electrons. The standard InChI is InChI=1S/C21H32O2/c1-21(2,3)20(22)23-16-9-5-4-6-11-17-13-10-14-18-12-7-8-15-19(17)18/h7-8,12,15,17H,4-6,9-11,13-14,16H2,1-3H3. The second-order valence-electron chi connectivity index (χ2n) is 7.88. The van der Waals surface area contributed by atoms with E-state index in [1.165, 1.54) is 38.5 Å². The van der Waals surface area contributed by atoms with Crippen molar-refractivity contribution in [2.24, 2.45) is 5.41 Å². The van der Waals surface area contributed by atoms with Crippen molar-refractivity contribution < 1.29 is 9.53 Å². The Labute approximate surface area is 141 Å². The maximum absolute atomic E-state index is 11.7. The van der Waals surface area contributed by atoms with Crippen LogP contribution >= 0.6 is 0 Å². The van der Waals surface area contributed by atoms with E-state index in [0.29, 0.717) is 6.61 Å². The molecule has 0 heterocycles. The van der Waals surface area contributed by atoms with Gasteiger partial charge in [0.1, 0.15) is 0 Å². The van der Waals surface area contributed by atoms with Crippen LogP contribution in [0, 0.1) is 5.41 Å². The van der Waals surface area contributed by atoms with Gasteiger partial charge >= 0.3 is 5.97 Å². The number of fused-ring (bicyclic) bond motifs is 1. The number of carbonyl (C=O) groups excluding carboxylic acids is 1. The monoisotopic (exact) mass is 316 g/mol. The summed E-state index contributed by atoms with van der Waals surface area (Å²) in [4.78, 5) is 11.7. The molecule has 0 spiro atoms. The fourth-order valence-electron chi connectivity index (χ4n) is 3.38. The Hall–Kier alpha value is -1.31. The molecule has 0 amide bonds. The van der Waals surface area contributed by atoms with Gasteiger partial charge in [0.2, 0.25) is 0 Å². The van der Waals surface area contributed by atoms with Gasteiger partial charge < -0.3 is 4.74 Å².